The first-order chi connectivity index (χ1) is 12.7. The lowest BCUT2D eigenvalue weighted by Gasteiger charge is -2.29. The molecule has 2 aromatic rings. The van der Waals surface area contributed by atoms with E-state index >= 15 is 0 Å². The van der Waals surface area contributed by atoms with E-state index < -0.39 is 17.2 Å². The highest BCUT2D eigenvalue weighted by Gasteiger charge is 2.24. The highest BCUT2D eigenvalue weighted by atomic mass is 19.2. The van der Waals surface area contributed by atoms with Crippen molar-refractivity contribution in [2.45, 2.75) is 32.8 Å². The summed E-state index contributed by atoms with van der Waals surface area (Å²) in [6.07, 6.45) is 3.56. The Balaban J connectivity index is 1.79. The van der Waals surface area contributed by atoms with Gasteiger partial charge in [0.05, 0.1) is 5.69 Å². The summed E-state index contributed by atoms with van der Waals surface area (Å²) >= 11 is 0. The molecule has 1 aliphatic rings. The van der Waals surface area contributed by atoms with Crippen molar-refractivity contribution in [1.29, 1.82) is 0 Å². The van der Waals surface area contributed by atoms with Crippen molar-refractivity contribution in [2.24, 2.45) is 0 Å². The lowest BCUT2D eigenvalue weighted by Crippen LogP contribution is -2.39. The number of carbonyl (C=O) groups excluding carboxylic acids is 1. The van der Waals surface area contributed by atoms with Gasteiger partial charge >= 0.3 is 6.09 Å². The van der Waals surface area contributed by atoms with Crippen molar-refractivity contribution in [3.8, 4) is 11.3 Å². The van der Waals surface area contributed by atoms with Gasteiger partial charge in [-0.25, -0.2) is 23.5 Å². The summed E-state index contributed by atoms with van der Waals surface area (Å²) in [6, 6.07) is 5.52. The summed E-state index contributed by atoms with van der Waals surface area (Å²) < 4.78 is 32.9. The van der Waals surface area contributed by atoms with E-state index in [4.69, 9.17) is 4.74 Å². The summed E-state index contributed by atoms with van der Waals surface area (Å²) in [5, 5.41) is 0. The van der Waals surface area contributed by atoms with Gasteiger partial charge in [-0.15, -0.1) is 0 Å². The van der Waals surface area contributed by atoms with E-state index in [-0.39, 0.29) is 11.7 Å². The van der Waals surface area contributed by atoms with Gasteiger partial charge in [0.15, 0.2) is 17.5 Å². The number of amides is 1. The van der Waals surface area contributed by atoms with Crippen molar-refractivity contribution in [2.75, 3.05) is 13.1 Å². The third-order valence-corrected chi connectivity index (χ3v) is 4.03. The monoisotopic (exact) mass is 373 g/mol. The number of hydrogen-bond acceptors (Lipinski definition) is 4. The Hall–Kier alpha value is -2.83. The van der Waals surface area contributed by atoms with Gasteiger partial charge in [-0.05, 0) is 51.0 Å². The molecule has 1 aromatic carbocycles. The molecule has 142 valence electrons. The molecule has 0 fully saturated rings. The van der Waals surface area contributed by atoms with Crippen molar-refractivity contribution < 1.29 is 18.3 Å². The molecule has 27 heavy (non-hydrogen) atoms. The van der Waals surface area contributed by atoms with Gasteiger partial charge in [0.25, 0.3) is 0 Å². The molecule has 1 amide bonds. The topological polar surface area (TPSA) is 55.3 Å². The minimum atomic E-state index is -0.934. The Bertz CT molecular complexity index is 891. The first-order valence-corrected chi connectivity index (χ1v) is 8.69. The number of rotatable bonds is 2. The molecule has 2 heterocycles. The molecule has 1 aliphatic heterocycles. The van der Waals surface area contributed by atoms with Crippen LogP contribution < -0.4 is 0 Å². The maximum atomic E-state index is 14.0. The molecule has 0 saturated carbocycles. The maximum Gasteiger partial charge on any atom is 0.410 e. The van der Waals surface area contributed by atoms with E-state index in [1.807, 2.05) is 26.8 Å². The van der Waals surface area contributed by atoms with Gasteiger partial charge in [0.2, 0.25) is 0 Å². The molecular weight excluding hydrogens is 352 g/mol. The summed E-state index contributed by atoms with van der Waals surface area (Å²) in [5.74, 6) is -1.41. The van der Waals surface area contributed by atoms with Gasteiger partial charge in [0, 0.05) is 24.8 Å². The van der Waals surface area contributed by atoms with Crippen LogP contribution >= 0.6 is 0 Å². The smallest absolute Gasteiger partial charge is 0.410 e. The zero-order valence-electron chi connectivity index (χ0n) is 15.5. The largest absolute Gasteiger partial charge is 0.444 e. The number of carbonyl (C=O) groups is 1. The van der Waals surface area contributed by atoms with Crippen LogP contribution in [-0.2, 0) is 4.74 Å². The molecule has 0 atom stereocenters. The van der Waals surface area contributed by atoms with E-state index in [9.17, 15) is 13.6 Å². The van der Waals surface area contributed by atoms with Crippen LogP contribution in [0.1, 0.15) is 33.0 Å². The second kappa shape index (κ2) is 7.42. The fraction of sp³-hybridized carbons (Fsp3) is 0.350. The Morgan fingerprint density at radius 1 is 1.22 bits per heavy atom. The van der Waals surface area contributed by atoms with Gasteiger partial charge < -0.3 is 9.64 Å². The highest BCUT2D eigenvalue weighted by molar-refractivity contribution is 5.72. The summed E-state index contributed by atoms with van der Waals surface area (Å²) in [5.41, 5.74) is 0.708. The van der Waals surface area contributed by atoms with E-state index in [1.54, 1.807) is 4.90 Å². The summed E-state index contributed by atoms with van der Waals surface area (Å²) in [7, 11) is 0. The van der Waals surface area contributed by atoms with Gasteiger partial charge in [0.1, 0.15) is 5.60 Å². The molecule has 3 rings (SSSR count). The van der Waals surface area contributed by atoms with Crippen LogP contribution in [0.25, 0.3) is 16.8 Å². The minimum Gasteiger partial charge on any atom is -0.444 e. The van der Waals surface area contributed by atoms with Crippen molar-refractivity contribution in [3.05, 3.63) is 54.0 Å². The Labute approximate surface area is 156 Å². The highest BCUT2D eigenvalue weighted by Crippen LogP contribution is 2.26. The Morgan fingerprint density at radius 2 is 2.00 bits per heavy atom. The molecular formula is C20H21F2N3O2. The lowest BCUT2D eigenvalue weighted by atomic mass is 10.1. The third kappa shape index (κ3) is 4.48. The molecule has 0 bridgehead atoms. The predicted molar refractivity (Wildman–Crippen MR) is 97.8 cm³/mol. The molecule has 0 unspecified atom stereocenters. The normalized spacial score (nSPS) is 14.7. The fourth-order valence-corrected chi connectivity index (χ4v) is 2.73. The van der Waals surface area contributed by atoms with Crippen LogP contribution in [0.5, 0.6) is 0 Å². The minimum absolute atomic E-state index is 0.0884. The van der Waals surface area contributed by atoms with Gasteiger partial charge in [-0.3, -0.25) is 0 Å². The molecule has 0 N–H and O–H groups in total. The van der Waals surface area contributed by atoms with Crippen molar-refractivity contribution in [1.82, 2.24) is 14.9 Å². The zero-order valence-corrected chi connectivity index (χ0v) is 15.5. The number of ether oxygens (including phenoxy) is 1. The summed E-state index contributed by atoms with van der Waals surface area (Å²) in [4.78, 5) is 22.4. The molecule has 0 aliphatic carbocycles. The molecule has 5 nitrogen and oxygen atoms in total. The third-order valence-electron chi connectivity index (χ3n) is 4.03. The van der Waals surface area contributed by atoms with Gasteiger partial charge in [-0.1, -0.05) is 12.1 Å². The second-order valence-electron chi connectivity index (χ2n) is 7.27. The van der Waals surface area contributed by atoms with E-state index in [0.29, 0.717) is 31.0 Å². The van der Waals surface area contributed by atoms with Crippen LogP contribution in [0.4, 0.5) is 13.6 Å². The fourth-order valence-electron chi connectivity index (χ4n) is 2.73. The molecule has 0 saturated heterocycles. The quantitative estimate of drug-likeness (QED) is 0.781. The number of hydrogen-bond donors (Lipinski definition) is 0. The second-order valence-corrected chi connectivity index (χ2v) is 7.27. The number of benzene rings is 1. The first-order valence-electron chi connectivity index (χ1n) is 8.69. The van der Waals surface area contributed by atoms with E-state index in [0.717, 1.165) is 11.6 Å². The number of aromatic nitrogens is 2. The number of nitrogens with zero attached hydrogens (tertiary/aromatic N) is 3. The Morgan fingerprint density at radius 3 is 2.67 bits per heavy atom. The average Bonchev–Trinajstić information content (AvgIpc) is 2.63. The standard InChI is InChI=1S/C20H21F2N3O2/c1-20(2,3)27-19(26)25-11-8-13(9-12-25)18-23-10-7-16(24-18)14-5-4-6-15(21)17(14)22/h4-8,10H,9,11-12H2,1-3H3. The molecule has 7 heteroatoms. The molecule has 1 aromatic heterocycles. The van der Waals surface area contributed by atoms with E-state index in [1.165, 1.54) is 24.4 Å². The lowest BCUT2D eigenvalue weighted by molar-refractivity contribution is 0.0270. The maximum absolute atomic E-state index is 14.0. The molecule has 0 spiro atoms. The Kier molecular flexibility index (Phi) is 5.21. The van der Waals surface area contributed by atoms with E-state index in [2.05, 4.69) is 9.97 Å². The van der Waals surface area contributed by atoms with Crippen molar-refractivity contribution >= 4 is 11.7 Å². The SMILES string of the molecule is CC(C)(C)OC(=O)N1CC=C(c2nccc(-c3cccc(F)c3F)n2)CC1. The first kappa shape index (κ1) is 18.9. The zero-order chi connectivity index (χ0) is 19.6. The van der Waals surface area contributed by atoms with Crippen LogP contribution in [-0.4, -0.2) is 39.7 Å². The average molecular weight is 373 g/mol. The van der Waals surface area contributed by atoms with Crippen LogP contribution in [0.2, 0.25) is 0 Å². The predicted octanol–water partition coefficient (Wildman–Crippen LogP) is 4.45. The summed E-state index contributed by atoms with van der Waals surface area (Å²) in [6.45, 7) is 6.32. The number of halogens is 2. The molecule has 0 radical (unpaired) electrons. The van der Waals surface area contributed by atoms with Crippen LogP contribution in [0.3, 0.4) is 0 Å². The van der Waals surface area contributed by atoms with Gasteiger partial charge in [-0.2, -0.15) is 0 Å². The van der Waals surface area contributed by atoms with Crippen LogP contribution in [0, 0.1) is 11.6 Å². The van der Waals surface area contributed by atoms with Crippen LogP contribution in [0.15, 0.2) is 36.5 Å². The van der Waals surface area contributed by atoms with Crippen molar-refractivity contribution in [3.63, 3.8) is 0 Å².